The summed E-state index contributed by atoms with van der Waals surface area (Å²) in [5, 5.41) is 4.34. The lowest BCUT2D eigenvalue weighted by molar-refractivity contribution is 1.10. The smallest absolute Gasteiger partial charge is 0.282 e. The van der Waals surface area contributed by atoms with Crippen LogP contribution in [0.15, 0.2) is 65.7 Å². The van der Waals surface area contributed by atoms with Crippen LogP contribution < -0.4 is 10.9 Å². The fraction of sp³-hybridized carbons (Fsp3) is 0. The summed E-state index contributed by atoms with van der Waals surface area (Å²) in [4.78, 5) is 20.5. The number of halogens is 1. The van der Waals surface area contributed by atoms with Crippen molar-refractivity contribution in [1.29, 1.82) is 0 Å². The SMILES string of the molecule is O=c1nc2cc(Nc3ccccc3Cl)ccn2c2ncccc12. The number of nitrogens with zero attached hydrogens (tertiary/aromatic N) is 3. The molecule has 1 aromatic carbocycles. The molecule has 3 aromatic heterocycles. The number of fused-ring (bicyclic) bond motifs is 3. The molecule has 0 fully saturated rings. The first-order valence-electron chi connectivity index (χ1n) is 7.01. The van der Waals surface area contributed by atoms with Crippen LogP contribution in [0.25, 0.3) is 16.7 Å². The van der Waals surface area contributed by atoms with Crippen molar-refractivity contribution in [2.24, 2.45) is 0 Å². The van der Waals surface area contributed by atoms with Gasteiger partial charge in [-0.05, 0) is 30.3 Å². The molecule has 0 aliphatic carbocycles. The second-order valence-corrected chi connectivity index (χ2v) is 5.45. The van der Waals surface area contributed by atoms with Gasteiger partial charge in [-0.25, -0.2) is 4.98 Å². The van der Waals surface area contributed by atoms with E-state index in [1.807, 2.05) is 36.5 Å². The number of hydrogen-bond acceptors (Lipinski definition) is 4. The normalized spacial score (nSPS) is 11.0. The molecule has 0 unspecified atom stereocenters. The van der Waals surface area contributed by atoms with E-state index in [2.05, 4.69) is 15.3 Å². The summed E-state index contributed by atoms with van der Waals surface area (Å²) < 4.78 is 1.79. The molecule has 0 saturated heterocycles. The lowest BCUT2D eigenvalue weighted by Gasteiger charge is -2.10. The van der Waals surface area contributed by atoms with Crippen molar-refractivity contribution >= 4 is 39.7 Å². The van der Waals surface area contributed by atoms with Gasteiger partial charge in [-0.15, -0.1) is 0 Å². The summed E-state index contributed by atoms with van der Waals surface area (Å²) in [6, 6.07) is 14.6. The van der Waals surface area contributed by atoms with Crippen molar-refractivity contribution < 1.29 is 0 Å². The van der Waals surface area contributed by atoms with Crippen molar-refractivity contribution in [1.82, 2.24) is 14.4 Å². The average Bonchev–Trinajstić information content (AvgIpc) is 2.57. The minimum absolute atomic E-state index is 0.289. The Kier molecular flexibility index (Phi) is 3.20. The van der Waals surface area contributed by atoms with Crippen LogP contribution in [-0.2, 0) is 0 Å². The molecule has 0 radical (unpaired) electrons. The van der Waals surface area contributed by atoms with Gasteiger partial charge in [0.25, 0.3) is 5.56 Å². The molecule has 23 heavy (non-hydrogen) atoms. The van der Waals surface area contributed by atoms with E-state index in [-0.39, 0.29) is 5.56 Å². The quantitative estimate of drug-likeness (QED) is 0.572. The fourth-order valence-electron chi connectivity index (χ4n) is 2.47. The number of para-hydroxylation sites is 1. The summed E-state index contributed by atoms with van der Waals surface area (Å²) in [7, 11) is 0. The predicted octanol–water partition coefficient (Wildman–Crippen LogP) is 3.64. The molecule has 3 heterocycles. The van der Waals surface area contributed by atoms with Gasteiger partial charge in [-0.1, -0.05) is 23.7 Å². The van der Waals surface area contributed by atoms with E-state index < -0.39 is 0 Å². The number of aromatic nitrogens is 3. The van der Waals surface area contributed by atoms with E-state index in [1.54, 1.807) is 28.8 Å². The summed E-state index contributed by atoms with van der Waals surface area (Å²) in [5.74, 6) is 0. The van der Waals surface area contributed by atoms with E-state index >= 15 is 0 Å². The molecule has 5 nitrogen and oxygen atoms in total. The highest BCUT2D eigenvalue weighted by Crippen LogP contribution is 2.25. The highest BCUT2D eigenvalue weighted by Gasteiger charge is 2.07. The topological polar surface area (TPSA) is 59.3 Å². The van der Waals surface area contributed by atoms with Gasteiger partial charge in [0.1, 0.15) is 5.65 Å². The highest BCUT2D eigenvalue weighted by atomic mass is 35.5. The number of nitrogens with one attached hydrogen (secondary N) is 1. The Labute approximate surface area is 136 Å². The summed E-state index contributed by atoms with van der Waals surface area (Å²) in [6.45, 7) is 0. The van der Waals surface area contributed by atoms with Crippen LogP contribution in [0.2, 0.25) is 5.02 Å². The minimum Gasteiger partial charge on any atom is -0.354 e. The van der Waals surface area contributed by atoms with Crippen molar-refractivity contribution in [3.63, 3.8) is 0 Å². The standard InChI is InChI=1S/C17H11ClN4O/c18-13-5-1-2-6-14(13)20-11-7-9-22-15(10-11)21-17(23)12-4-3-8-19-16(12)22/h1-10,20H. The maximum Gasteiger partial charge on any atom is 0.282 e. The molecule has 0 aliphatic heterocycles. The first-order chi connectivity index (χ1) is 11.2. The van der Waals surface area contributed by atoms with Gasteiger partial charge in [0.15, 0.2) is 5.65 Å². The van der Waals surface area contributed by atoms with E-state index in [9.17, 15) is 4.79 Å². The van der Waals surface area contributed by atoms with E-state index in [4.69, 9.17) is 11.6 Å². The van der Waals surface area contributed by atoms with Gasteiger partial charge < -0.3 is 5.32 Å². The van der Waals surface area contributed by atoms with E-state index in [0.717, 1.165) is 11.4 Å². The van der Waals surface area contributed by atoms with Crippen LogP contribution in [0.1, 0.15) is 0 Å². The van der Waals surface area contributed by atoms with Crippen LogP contribution in [0.3, 0.4) is 0 Å². The van der Waals surface area contributed by atoms with Gasteiger partial charge in [-0.3, -0.25) is 9.20 Å². The Morgan fingerprint density at radius 3 is 2.83 bits per heavy atom. The van der Waals surface area contributed by atoms with Crippen LogP contribution in [0, 0.1) is 0 Å². The molecule has 0 spiro atoms. The largest absolute Gasteiger partial charge is 0.354 e. The summed E-state index contributed by atoms with van der Waals surface area (Å²) >= 11 is 6.15. The molecule has 0 aliphatic rings. The zero-order valence-electron chi connectivity index (χ0n) is 11.9. The van der Waals surface area contributed by atoms with Crippen LogP contribution in [0.4, 0.5) is 11.4 Å². The first kappa shape index (κ1) is 13.7. The molecular formula is C17H11ClN4O. The second-order valence-electron chi connectivity index (χ2n) is 5.04. The Morgan fingerprint density at radius 1 is 1.09 bits per heavy atom. The molecule has 6 heteroatoms. The lowest BCUT2D eigenvalue weighted by atomic mass is 10.3. The van der Waals surface area contributed by atoms with E-state index in [0.29, 0.717) is 21.7 Å². The number of anilines is 2. The van der Waals surface area contributed by atoms with Gasteiger partial charge in [0.2, 0.25) is 0 Å². The third-order valence-electron chi connectivity index (χ3n) is 3.55. The van der Waals surface area contributed by atoms with Crippen molar-refractivity contribution in [2.45, 2.75) is 0 Å². The minimum atomic E-state index is -0.289. The van der Waals surface area contributed by atoms with Crippen LogP contribution in [-0.4, -0.2) is 14.4 Å². The molecule has 0 saturated carbocycles. The molecule has 4 aromatic rings. The van der Waals surface area contributed by atoms with Gasteiger partial charge >= 0.3 is 0 Å². The Morgan fingerprint density at radius 2 is 1.96 bits per heavy atom. The molecule has 0 bridgehead atoms. The molecule has 1 N–H and O–H groups in total. The maximum atomic E-state index is 12.1. The highest BCUT2D eigenvalue weighted by molar-refractivity contribution is 6.33. The maximum absolute atomic E-state index is 12.1. The third kappa shape index (κ3) is 2.41. The Hall–Kier alpha value is -2.92. The monoisotopic (exact) mass is 322 g/mol. The number of rotatable bonds is 2. The van der Waals surface area contributed by atoms with Crippen LogP contribution >= 0.6 is 11.6 Å². The molecule has 0 amide bonds. The van der Waals surface area contributed by atoms with Gasteiger partial charge in [0.05, 0.1) is 16.1 Å². The van der Waals surface area contributed by atoms with Crippen molar-refractivity contribution in [3.8, 4) is 0 Å². The second kappa shape index (κ2) is 5.37. The van der Waals surface area contributed by atoms with Crippen molar-refractivity contribution in [2.75, 3.05) is 5.32 Å². The van der Waals surface area contributed by atoms with E-state index in [1.165, 1.54) is 0 Å². The number of pyridine rings is 2. The molecule has 4 rings (SSSR count). The average molecular weight is 323 g/mol. The zero-order chi connectivity index (χ0) is 15.8. The fourth-order valence-corrected chi connectivity index (χ4v) is 2.65. The van der Waals surface area contributed by atoms with Crippen molar-refractivity contribution in [3.05, 3.63) is 76.3 Å². The van der Waals surface area contributed by atoms with Gasteiger partial charge in [0, 0.05) is 24.1 Å². The Bertz CT molecular complexity index is 1090. The summed E-state index contributed by atoms with van der Waals surface area (Å²) in [6.07, 6.45) is 3.49. The van der Waals surface area contributed by atoms with Gasteiger partial charge in [-0.2, -0.15) is 4.98 Å². The Balaban J connectivity index is 1.87. The number of benzene rings is 1. The predicted molar refractivity (Wildman–Crippen MR) is 91.5 cm³/mol. The number of hydrogen-bond donors (Lipinski definition) is 1. The zero-order valence-corrected chi connectivity index (χ0v) is 12.7. The first-order valence-corrected chi connectivity index (χ1v) is 7.39. The molecule has 0 atom stereocenters. The third-order valence-corrected chi connectivity index (χ3v) is 3.88. The van der Waals surface area contributed by atoms with Crippen LogP contribution in [0.5, 0.6) is 0 Å². The lowest BCUT2D eigenvalue weighted by Crippen LogP contribution is -2.11. The molecule has 112 valence electrons. The summed E-state index contributed by atoms with van der Waals surface area (Å²) in [5.41, 5.74) is 2.41. The molecular weight excluding hydrogens is 312 g/mol.